The number of hydrogen-bond donors (Lipinski definition) is 0. The molecule has 7 nitrogen and oxygen atoms in total. The Balaban J connectivity index is 1.67. The van der Waals surface area contributed by atoms with E-state index >= 15 is 0 Å². The maximum atomic E-state index is 14.3. The summed E-state index contributed by atoms with van der Waals surface area (Å²) in [6.45, 7) is 1.61. The Labute approximate surface area is 142 Å². The summed E-state index contributed by atoms with van der Waals surface area (Å²) in [4.78, 5) is 22.3. The monoisotopic (exact) mass is 339 g/mol. The maximum absolute atomic E-state index is 14.3. The summed E-state index contributed by atoms with van der Waals surface area (Å²) in [7, 11) is 0. The van der Waals surface area contributed by atoms with Crippen LogP contribution >= 0.6 is 0 Å². The summed E-state index contributed by atoms with van der Waals surface area (Å²) in [5, 5.41) is 4.02. The molecule has 2 aromatic heterocycles. The fourth-order valence-corrected chi connectivity index (χ4v) is 3.21. The number of aromatic nitrogens is 4. The van der Waals surface area contributed by atoms with E-state index in [9.17, 15) is 9.18 Å². The van der Waals surface area contributed by atoms with Gasteiger partial charge >= 0.3 is 0 Å². The van der Waals surface area contributed by atoms with Crippen LogP contribution in [0, 0.1) is 5.82 Å². The number of halogens is 1. The number of benzene rings is 1. The molecule has 3 heterocycles. The van der Waals surface area contributed by atoms with Crippen molar-refractivity contribution in [1.29, 1.82) is 0 Å². The predicted molar refractivity (Wildman–Crippen MR) is 85.7 cm³/mol. The largest absolute Gasteiger partial charge is 0.332 e. The van der Waals surface area contributed by atoms with Crippen LogP contribution in [0.2, 0.25) is 0 Å². The van der Waals surface area contributed by atoms with Gasteiger partial charge in [0.25, 0.3) is 5.89 Å². The van der Waals surface area contributed by atoms with Gasteiger partial charge in [-0.25, -0.2) is 9.37 Å². The molecule has 0 saturated heterocycles. The van der Waals surface area contributed by atoms with Gasteiger partial charge < -0.3 is 9.42 Å². The third-order valence-electron chi connectivity index (χ3n) is 4.64. The van der Waals surface area contributed by atoms with Crippen molar-refractivity contribution >= 4 is 11.6 Å². The van der Waals surface area contributed by atoms with Gasteiger partial charge in [-0.2, -0.15) is 4.98 Å². The standard InChI is InChI=1S/C17H14FN5O2/c1-9(24)22-7-13-14(17-20-16(21-25-17)10-5-6-10)19-8-23(13)12-4-2-3-11(18)15(12)22/h2-4,8,10H,5-7H2,1H3. The van der Waals surface area contributed by atoms with Gasteiger partial charge in [-0.15, -0.1) is 0 Å². The highest BCUT2D eigenvalue weighted by Crippen LogP contribution is 2.40. The molecule has 1 saturated carbocycles. The number of nitrogens with zero attached hydrogens (tertiary/aromatic N) is 5. The first kappa shape index (κ1) is 14.3. The molecule has 3 aromatic rings. The predicted octanol–water partition coefficient (Wildman–Crippen LogP) is 2.81. The van der Waals surface area contributed by atoms with E-state index in [0.717, 1.165) is 18.5 Å². The van der Waals surface area contributed by atoms with E-state index in [1.54, 1.807) is 23.0 Å². The Morgan fingerprint density at radius 1 is 1.36 bits per heavy atom. The van der Waals surface area contributed by atoms with Gasteiger partial charge in [0.05, 0.1) is 17.9 Å². The second-order valence-electron chi connectivity index (χ2n) is 6.35. The summed E-state index contributed by atoms with van der Waals surface area (Å²) in [5.74, 6) is 0.720. The van der Waals surface area contributed by atoms with E-state index in [-0.39, 0.29) is 18.1 Å². The number of imidazole rings is 1. The van der Waals surface area contributed by atoms with E-state index in [1.165, 1.54) is 17.9 Å². The molecule has 1 fully saturated rings. The summed E-state index contributed by atoms with van der Waals surface area (Å²) in [6, 6.07) is 4.71. The highest BCUT2D eigenvalue weighted by Gasteiger charge is 2.33. The van der Waals surface area contributed by atoms with Crippen molar-refractivity contribution in [3.63, 3.8) is 0 Å². The molecule has 126 valence electrons. The van der Waals surface area contributed by atoms with Crippen LogP contribution in [-0.2, 0) is 11.3 Å². The first-order valence-electron chi connectivity index (χ1n) is 8.10. The maximum Gasteiger partial charge on any atom is 0.278 e. The molecular weight excluding hydrogens is 325 g/mol. The van der Waals surface area contributed by atoms with Gasteiger partial charge in [0.1, 0.15) is 17.8 Å². The number of para-hydroxylation sites is 1. The first-order valence-corrected chi connectivity index (χ1v) is 8.10. The normalized spacial score (nSPS) is 15.8. The van der Waals surface area contributed by atoms with Gasteiger partial charge in [-0.05, 0) is 25.0 Å². The molecule has 1 aromatic carbocycles. The average molecular weight is 339 g/mol. The smallest absolute Gasteiger partial charge is 0.278 e. The van der Waals surface area contributed by atoms with E-state index in [4.69, 9.17) is 4.52 Å². The first-order chi connectivity index (χ1) is 12.1. The van der Waals surface area contributed by atoms with Crippen LogP contribution in [0.1, 0.15) is 37.2 Å². The molecule has 0 radical (unpaired) electrons. The average Bonchev–Trinajstić information content (AvgIpc) is 3.17. The minimum Gasteiger partial charge on any atom is -0.332 e. The molecule has 0 N–H and O–H groups in total. The lowest BCUT2D eigenvalue weighted by Crippen LogP contribution is -2.34. The van der Waals surface area contributed by atoms with E-state index in [1.807, 2.05) is 0 Å². The van der Waals surface area contributed by atoms with Crippen molar-refractivity contribution in [3.8, 4) is 17.3 Å². The molecule has 0 unspecified atom stereocenters. The fourth-order valence-electron chi connectivity index (χ4n) is 3.21. The molecule has 1 aliphatic carbocycles. The topological polar surface area (TPSA) is 77.1 Å². The number of hydrogen-bond acceptors (Lipinski definition) is 5. The second kappa shape index (κ2) is 4.98. The second-order valence-corrected chi connectivity index (χ2v) is 6.35. The van der Waals surface area contributed by atoms with Crippen LogP contribution in [0.3, 0.4) is 0 Å². The van der Waals surface area contributed by atoms with Crippen molar-refractivity contribution in [2.24, 2.45) is 0 Å². The Bertz CT molecular complexity index is 1000. The summed E-state index contributed by atoms with van der Waals surface area (Å²) in [6.07, 6.45) is 3.75. The zero-order valence-corrected chi connectivity index (χ0v) is 13.4. The number of amides is 1. The third-order valence-corrected chi connectivity index (χ3v) is 4.64. The Hall–Kier alpha value is -3.03. The van der Waals surface area contributed by atoms with Crippen LogP contribution in [0.25, 0.3) is 17.3 Å². The molecule has 8 heteroatoms. The van der Waals surface area contributed by atoms with Crippen molar-refractivity contribution in [3.05, 3.63) is 41.9 Å². The fraction of sp³-hybridized carbons (Fsp3) is 0.294. The summed E-state index contributed by atoms with van der Waals surface area (Å²) >= 11 is 0. The number of anilines is 1. The number of carbonyl (C=O) groups excluding carboxylic acids is 1. The zero-order valence-electron chi connectivity index (χ0n) is 13.4. The molecule has 0 bridgehead atoms. The number of fused-ring (bicyclic) bond motifs is 3. The molecule has 0 atom stereocenters. The summed E-state index contributed by atoms with van der Waals surface area (Å²) < 4.78 is 21.5. The lowest BCUT2D eigenvalue weighted by Gasteiger charge is -2.30. The Kier molecular flexibility index (Phi) is 2.85. The van der Waals surface area contributed by atoms with E-state index in [0.29, 0.717) is 29.0 Å². The lowest BCUT2D eigenvalue weighted by molar-refractivity contribution is -0.116. The van der Waals surface area contributed by atoms with E-state index < -0.39 is 5.82 Å². The quantitative estimate of drug-likeness (QED) is 0.717. The minimum atomic E-state index is -0.442. The van der Waals surface area contributed by atoms with E-state index in [2.05, 4.69) is 15.1 Å². The van der Waals surface area contributed by atoms with Gasteiger partial charge in [0, 0.05) is 12.8 Å². The molecule has 0 spiro atoms. The highest BCUT2D eigenvalue weighted by molar-refractivity contribution is 5.95. The van der Waals surface area contributed by atoms with Gasteiger partial charge in [0.2, 0.25) is 5.91 Å². The molecular formula is C17H14FN5O2. The molecule has 25 heavy (non-hydrogen) atoms. The van der Waals surface area contributed by atoms with Crippen molar-refractivity contribution in [1.82, 2.24) is 19.7 Å². The van der Waals surface area contributed by atoms with Crippen LogP contribution in [0.4, 0.5) is 10.1 Å². The van der Waals surface area contributed by atoms with Crippen LogP contribution < -0.4 is 4.90 Å². The van der Waals surface area contributed by atoms with Crippen LogP contribution in [-0.4, -0.2) is 25.6 Å². The lowest BCUT2D eigenvalue weighted by atomic mass is 10.1. The molecule has 5 rings (SSSR count). The van der Waals surface area contributed by atoms with Gasteiger partial charge in [-0.1, -0.05) is 11.2 Å². The number of carbonyl (C=O) groups is 1. The zero-order chi connectivity index (χ0) is 17.1. The third kappa shape index (κ3) is 2.10. The van der Waals surface area contributed by atoms with Crippen molar-refractivity contribution in [2.45, 2.75) is 32.2 Å². The van der Waals surface area contributed by atoms with Crippen molar-refractivity contribution < 1.29 is 13.7 Å². The molecule has 1 amide bonds. The number of rotatable bonds is 2. The van der Waals surface area contributed by atoms with Crippen LogP contribution in [0.5, 0.6) is 0 Å². The van der Waals surface area contributed by atoms with Crippen LogP contribution in [0.15, 0.2) is 29.0 Å². The summed E-state index contributed by atoms with van der Waals surface area (Å²) in [5.41, 5.74) is 2.08. The minimum absolute atomic E-state index is 0.194. The van der Waals surface area contributed by atoms with Gasteiger partial charge in [0.15, 0.2) is 11.5 Å². The SMILES string of the molecule is CC(=O)N1Cc2c(-c3nc(C4CC4)no3)ncn2-c2cccc(F)c21. The van der Waals surface area contributed by atoms with Gasteiger partial charge in [-0.3, -0.25) is 9.36 Å². The Morgan fingerprint density at radius 3 is 2.96 bits per heavy atom. The molecule has 1 aliphatic heterocycles. The molecule has 2 aliphatic rings. The van der Waals surface area contributed by atoms with Crippen molar-refractivity contribution in [2.75, 3.05) is 4.90 Å². The highest BCUT2D eigenvalue weighted by atomic mass is 19.1. The Morgan fingerprint density at radius 2 is 2.20 bits per heavy atom.